The van der Waals surface area contributed by atoms with Gasteiger partial charge in [0.15, 0.2) is 0 Å². The van der Waals surface area contributed by atoms with Gasteiger partial charge in [0.1, 0.15) is 17.2 Å². The van der Waals surface area contributed by atoms with Crippen molar-refractivity contribution in [2.45, 2.75) is 18.4 Å². The molecular weight excluding hydrogens is 254 g/mol. The monoisotopic (exact) mass is 270 g/mol. The first-order valence-electron chi connectivity index (χ1n) is 6.09. The van der Waals surface area contributed by atoms with Crippen molar-refractivity contribution < 1.29 is 18.3 Å². The van der Waals surface area contributed by atoms with Crippen molar-refractivity contribution >= 4 is 11.6 Å². The zero-order valence-corrected chi connectivity index (χ0v) is 10.6. The van der Waals surface area contributed by atoms with Gasteiger partial charge in [-0.1, -0.05) is 0 Å². The number of amides is 1. The molecule has 4 nitrogen and oxygen atoms in total. The quantitative estimate of drug-likeness (QED) is 0.878. The van der Waals surface area contributed by atoms with Crippen LogP contribution in [-0.4, -0.2) is 31.7 Å². The summed E-state index contributed by atoms with van der Waals surface area (Å²) in [4.78, 5) is 12.2. The summed E-state index contributed by atoms with van der Waals surface area (Å²) >= 11 is 0. The molecule has 1 fully saturated rings. The molecule has 1 heterocycles. The molecule has 0 spiro atoms. The van der Waals surface area contributed by atoms with E-state index in [-0.39, 0.29) is 11.6 Å². The van der Waals surface area contributed by atoms with Crippen LogP contribution in [0.5, 0.6) is 0 Å². The number of hydrogen-bond acceptors (Lipinski definition) is 3. The predicted octanol–water partition coefficient (Wildman–Crippen LogP) is 1.67. The zero-order chi connectivity index (χ0) is 13.9. The Bertz CT molecular complexity index is 453. The Morgan fingerprint density at radius 2 is 1.84 bits per heavy atom. The lowest BCUT2D eigenvalue weighted by atomic mass is 9.91. The van der Waals surface area contributed by atoms with Crippen LogP contribution in [0.2, 0.25) is 0 Å². The lowest BCUT2D eigenvalue weighted by molar-refractivity contribution is -0.140. The molecule has 1 aliphatic rings. The van der Waals surface area contributed by atoms with Crippen molar-refractivity contribution in [3.8, 4) is 0 Å². The molecule has 0 aliphatic carbocycles. The highest BCUT2D eigenvalue weighted by Gasteiger charge is 2.39. The van der Waals surface area contributed by atoms with E-state index in [1.54, 1.807) is 0 Å². The van der Waals surface area contributed by atoms with Crippen molar-refractivity contribution in [1.29, 1.82) is 0 Å². The van der Waals surface area contributed by atoms with Gasteiger partial charge in [-0.05, 0) is 38.1 Å². The summed E-state index contributed by atoms with van der Waals surface area (Å²) in [5.41, 5.74) is -0.842. The molecule has 0 aromatic heterocycles. The topological polar surface area (TPSA) is 50.4 Å². The van der Waals surface area contributed by atoms with Gasteiger partial charge in [0.2, 0.25) is 0 Å². The third kappa shape index (κ3) is 3.08. The molecule has 2 rings (SSSR count). The van der Waals surface area contributed by atoms with Gasteiger partial charge < -0.3 is 15.4 Å². The van der Waals surface area contributed by atoms with Crippen molar-refractivity contribution in [2.75, 3.05) is 25.5 Å². The minimum absolute atomic E-state index is 0.0949. The second kappa shape index (κ2) is 5.63. The number of nitrogens with one attached hydrogen (secondary N) is 2. The molecule has 6 heteroatoms. The third-order valence-corrected chi connectivity index (χ3v) is 3.34. The fraction of sp³-hybridized carbons (Fsp3) is 0.462. The Morgan fingerprint density at radius 3 is 2.37 bits per heavy atom. The Kier molecular flexibility index (Phi) is 4.11. The van der Waals surface area contributed by atoms with Gasteiger partial charge in [0, 0.05) is 18.9 Å². The van der Waals surface area contributed by atoms with Crippen LogP contribution in [0.3, 0.4) is 0 Å². The molecule has 0 saturated carbocycles. The summed E-state index contributed by atoms with van der Waals surface area (Å²) in [5.74, 6) is -1.83. The van der Waals surface area contributed by atoms with Crippen LogP contribution < -0.4 is 10.6 Å². The van der Waals surface area contributed by atoms with Crippen LogP contribution in [0.1, 0.15) is 12.8 Å². The Balaban J connectivity index is 2.14. The van der Waals surface area contributed by atoms with Gasteiger partial charge in [-0.2, -0.15) is 0 Å². The van der Waals surface area contributed by atoms with Gasteiger partial charge in [0.25, 0.3) is 5.91 Å². The smallest absolute Gasteiger partial charge is 0.256 e. The SMILES string of the molecule is COC1(C(=O)Nc2cc(F)cc(F)c2)CCNCC1. The maximum atomic E-state index is 13.1. The van der Waals surface area contributed by atoms with Crippen molar-refractivity contribution in [1.82, 2.24) is 5.32 Å². The largest absolute Gasteiger partial charge is 0.368 e. The van der Waals surface area contributed by atoms with Gasteiger partial charge in [-0.3, -0.25) is 4.79 Å². The van der Waals surface area contributed by atoms with Crippen LogP contribution in [0.15, 0.2) is 18.2 Å². The lowest BCUT2D eigenvalue weighted by Crippen LogP contribution is -2.51. The second-order valence-corrected chi connectivity index (χ2v) is 4.56. The fourth-order valence-corrected chi connectivity index (χ4v) is 2.23. The zero-order valence-electron chi connectivity index (χ0n) is 10.6. The summed E-state index contributed by atoms with van der Waals surface area (Å²) in [5, 5.41) is 5.64. The normalized spacial score (nSPS) is 18.1. The van der Waals surface area contributed by atoms with Crippen LogP contribution in [-0.2, 0) is 9.53 Å². The molecule has 2 N–H and O–H groups in total. The summed E-state index contributed by atoms with van der Waals surface area (Å²) in [6, 6.07) is 2.91. The molecule has 104 valence electrons. The standard InChI is InChI=1S/C13H16F2N2O2/c1-19-13(2-4-16-5-3-13)12(18)17-11-7-9(14)6-10(15)8-11/h6-8,16H,2-5H2,1H3,(H,17,18). The van der Waals surface area contributed by atoms with E-state index in [0.29, 0.717) is 25.9 Å². The molecule has 1 aliphatic heterocycles. The summed E-state index contributed by atoms with van der Waals surface area (Å²) in [6.07, 6.45) is 1.04. The van der Waals surface area contributed by atoms with E-state index < -0.39 is 17.2 Å². The maximum absolute atomic E-state index is 13.1. The first-order valence-corrected chi connectivity index (χ1v) is 6.09. The number of rotatable bonds is 3. The molecule has 1 amide bonds. The number of halogens is 2. The van der Waals surface area contributed by atoms with Crippen LogP contribution >= 0.6 is 0 Å². The highest BCUT2D eigenvalue weighted by Crippen LogP contribution is 2.25. The number of piperidine rings is 1. The van der Waals surface area contributed by atoms with Gasteiger partial charge in [-0.15, -0.1) is 0 Å². The molecule has 0 atom stereocenters. The van der Waals surface area contributed by atoms with Crippen molar-refractivity contribution in [3.63, 3.8) is 0 Å². The first-order chi connectivity index (χ1) is 9.05. The molecule has 0 radical (unpaired) electrons. The van der Waals surface area contributed by atoms with Crippen LogP contribution in [0.25, 0.3) is 0 Å². The number of carbonyl (C=O) groups excluding carboxylic acids is 1. The number of ether oxygens (including phenoxy) is 1. The average Bonchev–Trinajstić information content (AvgIpc) is 2.38. The van der Waals surface area contributed by atoms with E-state index in [9.17, 15) is 13.6 Å². The number of benzene rings is 1. The minimum Gasteiger partial charge on any atom is -0.368 e. The Hall–Kier alpha value is -1.53. The average molecular weight is 270 g/mol. The minimum atomic E-state index is -0.936. The van der Waals surface area contributed by atoms with Gasteiger partial charge in [0.05, 0.1) is 0 Å². The van der Waals surface area contributed by atoms with Gasteiger partial charge in [-0.25, -0.2) is 8.78 Å². The van der Waals surface area contributed by atoms with Crippen LogP contribution in [0.4, 0.5) is 14.5 Å². The van der Waals surface area contributed by atoms with E-state index in [1.165, 1.54) is 7.11 Å². The van der Waals surface area contributed by atoms with E-state index >= 15 is 0 Å². The fourth-order valence-electron chi connectivity index (χ4n) is 2.23. The van der Waals surface area contributed by atoms with E-state index in [2.05, 4.69) is 10.6 Å². The molecule has 0 bridgehead atoms. The summed E-state index contributed by atoms with van der Waals surface area (Å²) < 4.78 is 31.5. The second-order valence-electron chi connectivity index (χ2n) is 4.56. The molecule has 1 aromatic carbocycles. The predicted molar refractivity (Wildman–Crippen MR) is 66.8 cm³/mol. The molecule has 1 aromatic rings. The Morgan fingerprint density at radius 1 is 1.26 bits per heavy atom. The number of anilines is 1. The van der Waals surface area contributed by atoms with Gasteiger partial charge >= 0.3 is 0 Å². The maximum Gasteiger partial charge on any atom is 0.256 e. The summed E-state index contributed by atoms with van der Waals surface area (Å²) in [7, 11) is 1.47. The first kappa shape index (κ1) is 13.9. The van der Waals surface area contributed by atoms with E-state index in [1.807, 2.05) is 0 Å². The van der Waals surface area contributed by atoms with E-state index in [4.69, 9.17) is 4.74 Å². The molecule has 0 unspecified atom stereocenters. The third-order valence-electron chi connectivity index (χ3n) is 3.34. The van der Waals surface area contributed by atoms with E-state index in [0.717, 1.165) is 18.2 Å². The molecular formula is C13H16F2N2O2. The highest BCUT2D eigenvalue weighted by atomic mass is 19.1. The van der Waals surface area contributed by atoms with Crippen molar-refractivity contribution in [3.05, 3.63) is 29.8 Å². The molecule has 1 saturated heterocycles. The number of carbonyl (C=O) groups is 1. The molecule has 19 heavy (non-hydrogen) atoms. The Labute approximate surface area is 110 Å². The summed E-state index contributed by atoms with van der Waals surface area (Å²) in [6.45, 7) is 1.33. The lowest BCUT2D eigenvalue weighted by Gasteiger charge is -2.34. The van der Waals surface area contributed by atoms with Crippen LogP contribution in [0, 0.1) is 11.6 Å². The number of hydrogen-bond donors (Lipinski definition) is 2. The number of methoxy groups -OCH3 is 1. The van der Waals surface area contributed by atoms with Crippen molar-refractivity contribution in [2.24, 2.45) is 0 Å². The highest BCUT2D eigenvalue weighted by molar-refractivity contribution is 5.97.